The van der Waals surface area contributed by atoms with Crippen molar-refractivity contribution in [2.75, 3.05) is 7.11 Å². The van der Waals surface area contributed by atoms with E-state index in [9.17, 15) is 9.59 Å². The summed E-state index contributed by atoms with van der Waals surface area (Å²) in [6.07, 6.45) is 9.80. The molecule has 1 aromatic heterocycles. The first kappa shape index (κ1) is 18.8. The number of methoxy groups -OCH3 is 1. The number of ether oxygens (including phenoxy) is 1. The van der Waals surface area contributed by atoms with Gasteiger partial charge in [-0.1, -0.05) is 45.4 Å². The number of aromatic nitrogens is 1. The minimum absolute atomic E-state index is 0.0767. The Morgan fingerprint density at radius 1 is 1.12 bits per heavy atom. The molecule has 4 heteroatoms. The molecular weight excluding hydrogens is 302 g/mol. The molecule has 1 aliphatic carbocycles. The Bertz CT molecular complexity index is 645. The van der Waals surface area contributed by atoms with E-state index in [0.29, 0.717) is 23.4 Å². The van der Waals surface area contributed by atoms with E-state index in [-0.39, 0.29) is 17.1 Å². The van der Waals surface area contributed by atoms with Crippen LogP contribution in [0.4, 0.5) is 0 Å². The number of pyridine rings is 1. The summed E-state index contributed by atoms with van der Waals surface area (Å²) in [5, 5.41) is 0. The number of Topliss-reactive ketones (excluding diaryl/α,β-unsaturated/α-hetero) is 1. The lowest BCUT2D eigenvalue weighted by Crippen LogP contribution is -2.30. The number of hydrogen-bond donors (Lipinski definition) is 0. The van der Waals surface area contributed by atoms with Crippen LogP contribution >= 0.6 is 0 Å². The van der Waals surface area contributed by atoms with Gasteiger partial charge in [0.25, 0.3) is 0 Å². The number of carbonyl (C=O) groups is 1. The third-order valence-corrected chi connectivity index (χ3v) is 5.38. The number of unbranched alkanes of at least 4 members (excludes halogenated alkanes) is 5. The maximum Gasteiger partial charge on any atom is 0.227 e. The highest BCUT2D eigenvalue weighted by molar-refractivity contribution is 5.97. The van der Waals surface area contributed by atoms with Crippen molar-refractivity contribution in [1.82, 2.24) is 4.57 Å². The third kappa shape index (κ3) is 3.73. The van der Waals surface area contributed by atoms with E-state index in [1.165, 1.54) is 39.2 Å². The standard InChI is InChI=1S/C20H31NO3/c1-5-6-7-8-9-10-11-15-12-13-16(22)18-17(15)19(23)20(24-4)14(2)21(18)3/h15H,5-13H2,1-4H3/t15-/m1/s1. The molecule has 0 aliphatic heterocycles. The van der Waals surface area contributed by atoms with Gasteiger partial charge in [0.15, 0.2) is 11.5 Å². The van der Waals surface area contributed by atoms with Crippen molar-refractivity contribution in [2.24, 2.45) is 7.05 Å². The molecule has 0 radical (unpaired) electrons. The molecule has 0 N–H and O–H groups in total. The molecule has 0 unspecified atom stereocenters. The largest absolute Gasteiger partial charge is 0.491 e. The first-order valence-electron chi connectivity index (χ1n) is 9.33. The van der Waals surface area contributed by atoms with Crippen molar-refractivity contribution in [3.8, 4) is 5.75 Å². The van der Waals surface area contributed by atoms with E-state index in [1.807, 2.05) is 18.5 Å². The normalized spacial score (nSPS) is 17.0. The Kier molecular flexibility index (Phi) is 6.64. The van der Waals surface area contributed by atoms with Crippen LogP contribution in [0.5, 0.6) is 5.75 Å². The van der Waals surface area contributed by atoms with E-state index in [1.54, 1.807) is 0 Å². The van der Waals surface area contributed by atoms with E-state index >= 15 is 0 Å². The summed E-state index contributed by atoms with van der Waals surface area (Å²) in [5.41, 5.74) is 1.97. The van der Waals surface area contributed by atoms with Gasteiger partial charge in [-0.25, -0.2) is 0 Å². The lowest BCUT2D eigenvalue weighted by Gasteiger charge is -2.27. The number of hydrogen-bond acceptors (Lipinski definition) is 3. The summed E-state index contributed by atoms with van der Waals surface area (Å²) in [6.45, 7) is 4.06. The van der Waals surface area contributed by atoms with Crippen LogP contribution < -0.4 is 10.2 Å². The second-order valence-corrected chi connectivity index (χ2v) is 6.98. The first-order valence-corrected chi connectivity index (χ1v) is 9.33. The lowest BCUT2D eigenvalue weighted by atomic mass is 9.81. The Balaban J connectivity index is 2.21. The van der Waals surface area contributed by atoms with Crippen LogP contribution in [-0.4, -0.2) is 17.5 Å². The van der Waals surface area contributed by atoms with Crippen LogP contribution in [0.3, 0.4) is 0 Å². The number of fused-ring (bicyclic) bond motifs is 1. The van der Waals surface area contributed by atoms with Crippen LogP contribution in [0.1, 0.15) is 92.4 Å². The van der Waals surface area contributed by atoms with Gasteiger partial charge in [0.05, 0.1) is 18.5 Å². The van der Waals surface area contributed by atoms with Gasteiger partial charge in [-0.15, -0.1) is 0 Å². The highest BCUT2D eigenvalue weighted by Gasteiger charge is 2.32. The van der Waals surface area contributed by atoms with E-state index in [0.717, 1.165) is 25.0 Å². The predicted molar refractivity (Wildman–Crippen MR) is 97.3 cm³/mol. The molecule has 1 atom stereocenters. The monoisotopic (exact) mass is 333 g/mol. The van der Waals surface area contributed by atoms with Gasteiger partial charge in [-0.3, -0.25) is 9.59 Å². The van der Waals surface area contributed by atoms with Crippen molar-refractivity contribution in [3.63, 3.8) is 0 Å². The summed E-state index contributed by atoms with van der Waals surface area (Å²) in [5.74, 6) is 0.672. The fraction of sp³-hybridized carbons (Fsp3) is 0.700. The zero-order valence-corrected chi connectivity index (χ0v) is 15.6. The van der Waals surface area contributed by atoms with Crippen molar-refractivity contribution < 1.29 is 9.53 Å². The molecule has 1 aromatic rings. The number of rotatable bonds is 8. The van der Waals surface area contributed by atoms with Gasteiger partial charge in [0.1, 0.15) is 0 Å². The summed E-state index contributed by atoms with van der Waals surface area (Å²) in [4.78, 5) is 25.3. The third-order valence-electron chi connectivity index (χ3n) is 5.38. The minimum atomic E-state index is -0.0767. The lowest BCUT2D eigenvalue weighted by molar-refractivity contribution is 0.0954. The molecule has 1 aliphatic rings. The zero-order chi connectivity index (χ0) is 17.7. The van der Waals surface area contributed by atoms with Crippen LogP contribution in [0.15, 0.2) is 4.79 Å². The van der Waals surface area contributed by atoms with Gasteiger partial charge in [-0.2, -0.15) is 0 Å². The minimum Gasteiger partial charge on any atom is -0.491 e. The Morgan fingerprint density at radius 2 is 1.79 bits per heavy atom. The molecule has 4 nitrogen and oxygen atoms in total. The molecule has 0 spiro atoms. The van der Waals surface area contributed by atoms with Crippen LogP contribution in [0.25, 0.3) is 0 Å². The van der Waals surface area contributed by atoms with Crippen LogP contribution in [0, 0.1) is 6.92 Å². The summed E-state index contributed by atoms with van der Waals surface area (Å²) in [6, 6.07) is 0. The number of carbonyl (C=O) groups excluding carboxylic acids is 1. The molecule has 0 amide bonds. The predicted octanol–water partition coefficient (Wildman–Crippen LogP) is 4.51. The topological polar surface area (TPSA) is 48.3 Å². The van der Waals surface area contributed by atoms with Gasteiger partial charge in [0.2, 0.25) is 5.43 Å². The van der Waals surface area contributed by atoms with Gasteiger partial charge in [-0.05, 0) is 25.7 Å². The van der Waals surface area contributed by atoms with Gasteiger partial charge >= 0.3 is 0 Å². The number of ketones is 1. The highest BCUT2D eigenvalue weighted by Crippen LogP contribution is 2.35. The molecule has 24 heavy (non-hydrogen) atoms. The van der Waals surface area contributed by atoms with Crippen molar-refractivity contribution in [3.05, 3.63) is 27.2 Å². The fourth-order valence-electron chi connectivity index (χ4n) is 3.88. The van der Waals surface area contributed by atoms with Crippen molar-refractivity contribution in [1.29, 1.82) is 0 Å². The molecule has 1 heterocycles. The summed E-state index contributed by atoms with van der Waals surface area (Å²) < 4.78 is 7.18. The molecular formula is C20H31NO3. The second-order valence-electron chi connectivity index (χ2n) is 6.98. The van der Waals surface area contributed by atoms with E-state index < -0.39 is 0 Å². The Labute approximate surface area is 145 Å². The fourth-order valence-corrected chi connectivity index (χ4v) is 3.88. The first-order chi connectivity index (χ1) is 11.5. The Morgan fingerprint density at radius 3 is 2.46 bits per heavy atom. The smallest absolute Gasteiger partial charge is 0.227 e. The van der Waals surface area contributed by atoms with Crippen molar-refractivity contribution >= 4 is 5.78 Å². The van der Waals surface area contributed by atoms with Gasteiger partial charge in [0, 0.05) is 19.0 Å². The molecule has 134 valence electrons. The molecule has 2 rings (SSSR count). The quantitative estimate of drug-likeness (QED) is 0.658. The average molecular weight is 333 g/mol. The maximum atomic E-state index is 12.9. The average Bonchev–Trinajstić information content (AvgIpc) is 2.57. The van der Waals surface area contributed by atoms with Crippen LogP contribution in [-0.2, 0) is 7.05 Å². The maximum absolute atomic E-state index is 12.9. The van der Waals surface area contributed by atoms with Crippen molar-refractivity contribution in [2.45, 2.75) is 77.6 Å². The SMILES string of the molecule is CCCCCCCC[C@@H]1CCC(=O)c2c1c(=O)c(OC)c(C)n2C. The zero-order valence-electron chi connectivity index (χ0n) is 15.6. The summed E-state index contributed by atoms with van der Waals surface area (Å²) >= 11 is 0. The molecule has 0 bridgehead atoms. The van der Waals surface area contributed by atoms with Gasteiger partial charge < -0.3 is 9.30 Å². The highest BCUT2D eigenvalue weighted by atomic mass is 16.5. The molecule has 0 saturated carbocycles. The number of nitrogens with zero attached hydrogens (tertiary/aromatic N) is 1. The summed E-state index contributed by atoms with van der Waals surface area (Å²) in [7, 11) is 3.39. The molecule has 0 saturated heterocycles. The molecule has 0 aromatic carbocycles. The Hall–Kier alpha value is -1.58. The molecule has 0 fully saturated rings. The van der Waals surface area contributed by atoms with E-state index in [2.05, 4.69) is 6.92 Å². The second kappa shape index (κ2) is 8.50. The van der Waals surface area contributed by atoms with E-state index in [4.69, 9.17) is 4.74 Å². The van der Waals surface area contributed by atoms with Crippen LogP contribution in [0.2, 0.25) is 0 Å².